The van der Waals surface area contributed by atoms with Gasteiger partial charge in [0.05, 0.1) is 6.61 Å². The lowest BCUT2D eigenvalue weighted by atomic mass is 10.1. The summed E-state index contributed by atoms with van der Waals surface area (Å²) in [6, 6.07) is 7.43. The van der Waals surface area contributed by atoms with E-state index in [1.54, 1.807) is 12.4 Å². The Morgan fingerprint density at radius 3 is 2.38 bits per heavy atom. The summed E-state index contributed by atoms with van der Waals surface area (Å²) in [6.07, 6.45) is 3.52. The van der Waals surface area contributed by atoms with Gasteiger partial charge in [0.25, 0.3) is 0 Å². The van der Waals surface area contributed by atoms with Gasteiger partial charge in [0.15, 0.2) is 0 Å². The van der Waals surface area contributed by atoms with Gasteiger partial charge in [0, 0.05) is 54.8 Å². The van der Waals surface area contributed by atoms with Crippen molar-refractivity contribution in [1.29, 1.82) is 0 Å². The number of hydrogen-bond acceptors (Lipinski definition) is 5. The molecule has 1 aromatic heterocycles. The molecule has 0 saturated carbocycles. The number of benzene rings is 1. The maximum Gasteiger partial charge on any atom is 0.225 e. The van der Waals surface area contributed by atoms with Gasteiger partial charge in [-0.05, 0) is 18.2 Å². The Morgan fingerprint density at radius 1 is 1.05 bits per heavy atom. The highest BCUT2D eigenvalue weighted by atomic mass is 35.5. The van der Waals surface area contributed by atoms with E-state index in [9.17, 15) is 5.11 Å². The number of piperazine rings is 1. The summed E-state index contributed by atoms with van der Waals surface area (Å²) in [4.78, 5) is 13.0. The zero-order chi connectivity index (χ0) is 14.7. The van der Waals surface area contributed by atoms with Crippen molar-refractivity contribution < 1.29 is 5.11 Å². The molecular weight excluding hydrogens is 288 g/mol. The molecule has 2 aromatic rings. The van der Waals surface area contributed by atoms with E-state index in [1.165, 1.54) is 0 Å². The highest BCUT2D eigenvalue weighted by Gasteiger charge is 2.20. The standard InChI is InChI=1S/C15H17ClN4O/c16-13-3-2-12(11-21)14(10-13)19-6-8-20(9-7-19)15-17-4-1-5-18-15/h1-5,10,21H,6-9,11H2. The Hall–Kier alpha value is -1.85. The van der Waals surface area contributed by atoms with Crippen LogP contribution < -0.4 is 9.80 Å². The van der Waals surface area contributed by atoms with Crippen LogP contribution in [0.2, 0.25) is 5.02 Å². The molecule has 1 aliphatic heterocycles. The van der Waals surface area contributed by atoms with E-state index in [2.05, 4.69) is 19.8 Å². The number of aliphatic hydroxyl groups is 1. The van der Waals surface area contributed by atoms with Crippen molar-refractivity contribution in [3.63, 3.8) is 0 Å². The molecule has 0 bridgehead atoms. The molecule has 110 valence electrons. The molecule has 0 radical (unpaired) electrons. The van der Waals surface area contributed by atoms with Gasteiger partial charge in [-0.3, -0.25) is 0 Å². The third-order valence-corrected chi connectivity index (χ3v) is 3.91. The van der Waals surface area contributed by atoms with Crippen LogP contribution in [0.15, 0.2) is 36.7 Å². The quantitative estimate of drug-likeness (QED) is 0.939. The number of anilines is 2. The minimum atomic E-state index is 0.0223. The third-order valence-electron chi connectivity index (χ3n) is 3.67. The van der Waals surface area contributed by atoms with Gasteiger partial charge in [-0.1, -0.05) is 17.7 Å². The second kappa shape index (κ2) is 6.28. The molecule has 6 heteroatoms. The highest BCUT2D eigenvalue weighted by molar-refractivity contribution is 6.30. The van der Waals surface area contributed by atoms with Crippen LogP contribution in [0.5, 0.6) is 0 Å². The van der Waals surface area contributed by atoms with Gasteiger partial charge in [-0.2, -0.15) is 0 Å². The topological polar surface area (TPSA) is 52.5 Å². The number of hydrogen-bond donors (Lipinski definition) is 1. The van der Waals surface area contributed by atoms with Gasteiger partial charge in [-0.25, -0.2) is 9.97 Å². The molecule has 0 spiro atoms. The molecule has 0 unspecified atom stereocenters. The molecule has 1 N–H and O–H groups in total. The average Bonchev–Trinajstić information content (AvgIpc) is 2.56. The van der Waals surface area contributed by atoms with Crippen LogP contribution in [0.1, 0.15) is 5.56 Å². The molecular formula is C15H17ClN4O. The van der Waals surface area contributed by atoms with Crippen molar-refractivity contribution in [1.82, 2.24) is 9.97 Å². The fourth-order valence-electron chi connectivity index (χ4n) is 2.57. The Morgan fingerprint density at radius 2 is 1.71 bits per heavy atom. The maximum absolute atomic E-state index is 9.47. The van der Waals surface area contributed by atoms with Crippen molar-refractivity contribution in [2.24, 2.45) is 0 Å². The second-order valence-electron chi connectivity index (χ2n) is 4.95. The van der Waals surface area contributed by atoms with Gasteiger partial charge >= 0.3 is 0 Å². The summed E-state index contributed by atoms with van der Waals surface area (Å²) >= 11 is 6.08. The molecule has 0 aliphatic carbocycles. The van der Waals surface area contributed by atoms with E-state index < -0.39 is 0 Å². The summed E-state index contributed by atoms with van der Waals surface area (Å²) in [5, 5.41) is 10.2. The summed E-state index contributed by atoms with van der Waals surface area (Å²) < 4.78 is 0. The van der Waals surface area contributed by atoms with Gasteiger partial charge in [0.1, 0.15) is 0 Å². The lowest BCUT2D eigenvalue weighted by Crippen LogP contribution is -2.47. The molecule has 0 atom stereocenters. The van der Waals surface area contributed by atoms with E-state index in [0.29, 0.717) is 5.02 Å². The lowest BCUT2D eigenvalue weighted by molar-refractivity contribution is 0.282. The smallest absolute Gasteiger partial charge is 0.225 e. The van der Waals surface area contributed by atoms with Crippen molar-refractivity contribution in [2.45, 2.75) is 6.61 Å². The summed E-state index contributed by atoms with van der Waals surface area (Å²) in [5.41, 5.74) is 1.92. The SMILES string of the molecule is OCc1ccc(Cl)cc1N1CCN(c2ncccn2)CC1. The van der Waals surface area contributed by atoms with Gasteiger partial charge < -0.3 is 14.9 Å². The van der Waals surface area contributed by atoms with E-state index in [1.807, 2.05) is 24.3 Å². The molecule has 3 rings (SSSR count). The van der Waals surface area contributed by atoms with E-state index in [-0.39, 0.29) is 6.61 Å². The van der Waals surface area contributed by atoms with Crippen LogP contribution in [0.25, 0.3) is 0 Å². The lowest BCUT2D eigenvalue weighted by Gasteiger charge is -2.36. The maximum atomic E-state index is 9.47. The minimum Gasteiger partial charge on any atom is -0.392 e. The van der Waals surface area contributed by atoms with Gasteiger partial charge in [-0.15, -0.1) is 0 Å². The van der Waals surface area contributed by atoms with Crippen LogP contribution in [0.3, 0.4) is 0 Å². The second-order valence-corrected chi connectivity index (χ2v) is 5.39. The monoisotopic (exact) mass is 304 g/mol. The number of nitrogens with zero attached hydrogens (tertiary/aromatic N) is 4. The normalized spacial score (nSPS) is 15.3. The molecule has 1 fully saturated rings. The summed E-state index contributed by atoms with van der Waals surface area (Å²) in [6.45, 7) is 3.43. The Bertz CT molecular complexity index is 600. The molecule has 5 nitrogen and oxygen atoms in total. The van der Waals surface area contributed by atoms with Crippen LogP contribution in [-0.4, -0.2) is 41.3 Å². The molecule has 0 amide bonds. The van der Waals surface area contributed by atoms with Crippen LogP contribution in [0.4, 0.5) is 11.6 Å². The number of aliphatic hydroxyl groups excluding tert-OH is 1. The van der Waals surface area contributed by atoms with Crippen LogP contribution in [0, 0.1) is 0 Å². The van der Waals surface area contributed by atoms with Crippen LogP contribution in [-0.2, 0) is 6.61 Å². The first-order chi connectivity index (χ1) is 10.3. The number of aromatic nitrogens is 2. The average molecular weight is 305 g/mol. The molecule has 1 aliphatic rings. The predicted molar refractivity (Wildman–Crippen MR) is 83.8 cm³/mol. The first-order valence-electron chi connectivity index (χ1n) is 6.94. The van der Waals surface area contributed by atoms with Crippen molar-refractivity contribution in [2.75, 3.05) is 36.0 Å². The Kier molecular flexibility index (Phi) is 4.22. The zero-order valence-electron chi connectivity index (χ0n) is 11.6. The Balaban J connectivity index is 1.73. The molecule has 2 heterocycles. The minimum absolute atomic E-state index is 0.0223. The summed E-state index contributed by atoms with van der Waals surface area (Å²) in [5.74, 6) is 0.769. The van der Waals surface area contributed by atoms with Crippen molar-refractivity contribution >= 4 is 23.2 Å². The largest absolute Gasteiger partial charge is 0.392 e. The molecule has 21 heavy (non-hydrogen) atoms. The van der Waals surface area contributed by atoms with Gasteiger partial charge in [0.2, 0.25) is 5.95 Å². The zero-order valence-corrected chi connectivity index (χ0v) is 12.4. The molecule has 1 aromatic carbocycles. The third kappa shape index (κ3) is 3.09. The predicted octanol–water partition coefficient (Wildman–Crippen LogP) is 1.95. The van der Waals surface area contributed by atoms with E-state index in [0.717, 1.165) is 43.4 Å². The fraction of sp³-hybridized carbons (Fsp3) is 0.333. The number of rotatable bonds is 3. The van der Waals surface area contributed by atoms with E-state index in [4.69, 9.17) is 11.6 Å². The van der Waals surface area contributed by atoms with E-state index >= 15 is 0 Å². The fourth-order valence-corrected chi connectivity index (χ4v) is 2.73. The molecule has 1 saturated heterocycles. The number of halogens is 1. The Labute approximate surface area is 128 Å². The first-order valence-corrected chi connectivity index (χ1v) is 7.32. The van der Waals surface area contributed by atoms with Crippen LogP contribution >= 0.6 is 11.6 Å². The van der Waals surface area contributed by atoms with Crippen molar-refractivity contribution in [3.8, 4) is 0 Å². The highest BCUT2D eigenvalue weighted by Crippen LogP contribution is 2.26. The summed E-state index contributed by atoms with van der Waals surface area (Å²) in [7, 11) is 0. The van der Waals surface area contributed by atoms with Crippen molar-refractivity contribution in [3.05, 3.63) is 47.2 Å². The first kappa shape index (κ1) is 14.1.